The van der Waals surface area contributed by atoms with Crippen LogP contribution in [0.15, 0.2) is 48.7 Å². The third-order valence-electron chi connectivity index (χ3n) is 3.89. The number of aryl methyl sites for hydroxylation is 2. The van der Waals surface area contributed by atoms with Crippen molar-refractivity contribution in [1.29, 1.82) is 0 Å². The lowest BCUT2D eigenvalue weighted by molar-refractivity contribution is 0.0997. The van der Waals surface area contributed by atoms with Gasteiger partial charge in [0.25, 0.3) is 5.91 Å². The van der Waals surface area contributed by atoms with Gasteiger partial charge in [-0.3, -0.25) is 4.79 Å². The number of amides is 1. The summed E-state index contributed by atoms with van der Waals surface area (Å²) in [5, 5.41) is 3.22. The van der Waals surface area contributed by atoms with Gasteiger partial charge in [0.2, 0.25) is 5.95 Å². The first-order chi connectivity index (χ1) is 12.5. The van der Waals surface area contributed by atoms with Crippen LogP contribution in [0, 0.1) is 13.8 Å². The van der Waals surface area contributed by atoms with Crippen molar-refractivity contribution in [2.24, 2.45) is 5.73 Å². The van der Waals surface area contributed by atoms with Gasteiger partial charge in [-0.15, -0.1) is 0 Å². The number of nitrogens with zero attached hydrogens (tertiary/aromatic N) is 2. The molecule has 1 heterocycles. The molecule has 0 saturated carbocycles. The minimum absolute atomic E-state index is 0.312. The van der Waals surface area contributed by atoms with Gasteiger partial charge in [0.1, 0.15) is 5.75 Å². The molecule has 3 aromatic rings. The number of benzene rings is 2. The van der Waals surface area contributed by atoms with Crippen LogP contribution in [0.25, 0.3) is 11.3 Å². The minimum Gasteiger partial charge on any atom is -0.496 e. The van der Waals surface area contributed by atoms with E-state index in [1.165, 1.54) is 7.11 Å². The highest BCUT2D eigenvalue weighted by molar-refractivity contribution is 5.97. The maximum atomic E-state index is 11.6. The summed E-state index contributed by atoms with van der Waals surface area (Å²) < 4.78 is 5.18. The zero-order chi connectivity index (χ0) is 18.7. The predicted molar refractivity (Wildman–Crippen MR) is 102 cm³/mol. The van der Waals surface area contributed by atoms with Gasteiger partial charge in [-0.25, -0.2) is 9.97 Å². The fourth-order valence-corrected chi connectivity index (χ4v) is 2.82. The van der Waals surface area contributed by atoms with Gasteiger partial charge < -0.3 is 15.8 Å². The first kappa shape index (κ1) is 17.4. The number of nitrogens with one attached hydrogen (secondary N) is 1. The number of methoxy groups -OCH3 is 1. The summed E-state index contributed by atoms with van der Waals surface area (Å²) in [6, 6.07) is 13.1. The van der Waals surface area contributed by atoms with E-state index in [1.807, 2.05) is 32.0 Å². The molecule has 0 radical (unpaired) electrons. The highest BCUT2D eigenvalue weighted by Crippen LogP contribution is 2.26. The number of carbonyl (C=O) groups excluding carboxylic acids is 1. The van der Waals surface area contributed by atoms with E-state index in [-0.39, 0.29) is 0 Å². The quantitative estimate of drug-likeness (QED) is 0.735. The van der Waals surface area contributed by atoms with Crippen LogP contribution in [0.5, 0.6) is 5.75 Å². The normalized spacial score (nSPS) is 10.4. The number of primary amides is 1. The van der Waals surface area contributed by atoms with Gasteiger partial charge in [0.15, 0.2) is 0 Å². The Morgan fingerprint density at radius 1 is 1.08 bits per heavy atom. The predicted octanol–water partition coefficient (Wildman–Crippen LogP) is 3.61. The van der Waals surface area contributed by atoms with Crippen LogP contribution >= 0.6 is 0 Å². The third-order valence-corrected chi connectivity index (χ3v) is 3.89. The fourth-order valence-electron chi connectivity index (χ4n) is 2.82. The van der Waals surface area contributed by atoms with E-state index in [0.29, 0.717) is 23.0 Å². The molecule has 0 spiro atoms. The molecule has 3 rings (SSSR count). The number of nitrogens with two attached hydrogens (primary N) is 1. The molecule has 0 aliphatic rings. The van der Waals surface area contributed by atoms with Crippen molar-refractivity contribution in [2.75, 3.05) is 12.4 Å². The second-order valence-electron chi connectivity index (χ2n) is 6.05. The molecule has 26 heavy (non-hydrogen) atoms. The van der Waals surface area contributed by atoms with E-state index in [2.05, 4.69) is 21.4 Å². The highest BCUT2D eigenvalue weighted by atomic mass is 16.5. The third kappa shape index (κ3) is 3.80. The smallest absolute Gasteiger partial charge is 0.252 e. The summed E-state index contributed by atoms with van der Waals surface area (Å²) in [4.78, 5) is 20.4. The van der Waals surface area contributed by atoms with E-state index in [4.69, 9.17) is 10.5 Å². The molecule has 0 aliphatic heterocycles. The molecular weight excluding hydrogens is 328 g/mol. The molecular formula is C20H20N4O2. The van der Waals surface area contributed by atoms with Gasteiger partial charge in [-0.1, -0.05) is 6.07 Å². The minimum atomic E-state index is -0.550. The Kier molecular flexibility index (Phi) is 4.84. The van der Waals surface area contributed by atoms with Crippen molar-refractivity contribution in [1.82, 2.24) is 9.97 Å². The molecule has 1 amide bonds. The maximum Gasteiger partial charge on any atom is 0.252 e. The first-order valence-electron chi connectivity index (χ1n) is 8.13. The lowest BCUT2D eigenvalue weighted by atomic mass is 10.1. The zero-order valence-corrected chi connectivity index (χ0v) is 14.9. The number of rotatable bonds is 5. The number of hydrogen-bond donors (Lipinski definition) is 2. The number of hydrogen-bond acceptors (Lipinski definition) is 5. The molecule has 0 bridgehead atoms. The van der Waals surface area contributed by atoms with Gasteiger partial charge in [0, 0.05) is 17.4 Å². The van der Waals surface area contributed by atoms with E-state index in [0.717, 1.165) is 22.4 Å². The summed E-state index contributed by atoms with van der Waals surface area (Å²) >= 11 is 0. The van der Waals surface area contributed by atoms with Crippen molar-refractivity contribution < 1.29 is 9.53 Å². The Morgan fingerprint density at radius 3 is 2.46 bits per heavy atom. The van der Waals surface area contributed by atoms with E-state index in [9.17, 15) is 4.79 Å². The highest BCUT2D eigenvalue weighted by Gasteiger charge is 2.12. The molecule has 0 atom stereocenters. The molecule has 0 fully saturated rings. The molecule has 6 nitrogen and oxygen atoms in total. The number of carbonyl (C=O) groups is 1. The Labute approximate surface area is 152 Å². The van der Waals surface area contributed by atoms with Crippen LogP contribution in [-0.2, 0) is 0 Å². The lowest BCUT2D eigenvalue weighted by Gasteiger charge is -2.10. The monoisotopic (exact) mass is 348 g/mol. The van der Waals surface area contributed by atoms with E-state index in [1.54, 1.807) is 24.4 Å². The summed E-state index contributed by atoms with van der Waals surface area (Å²) in [7, 11) is 1.50. The van der Waals surface area contributed by atoms with Crippen molar-refractivity contribution in [3.05, 3.63) is 65.4 Å². The Hall–Kier alpha value is -3.41. The lowest BCUT2D eigenvalue weighted by Crippen LogP contribution is -2.12. The largest absolute Gasteiger partial charge is 0.496 e. The van der Waals surface area contributed by atoms with Crippen LogP contribution in [0.1, 0.15) is 21.5 Å². The average molecular weight is 348 g/mol. The summed E-state index contributed by atoms with van der Waals surface area (Å²) in [5.74, 6) is 0.360. The first-order valence-corrected chi connectivity index (χ1v) is 8.13. The van der Waals surface area contributed by atoms with Crippen molar-refractivity contribution in [2.45, 2.75) is 13.8 Å². The maximum absolute atomic E-state index is 11.6. The van der Waals surface area contributed by atoms with Crippen molar-refractivity contribution in [3.63, 3.8) is 0 Å². The average Bonchev–Trinajstić information content (AvgIpc) is 2.60. The number of anilines is 2. The molecule has 2 aromatic carbocycles. The van der Waals surface area contributed by atoms with Gasteiger partial charge >= 0.3 is 0 Å². The molecule has 3 N–H and O–H groups in total. The number of ether oxygens (including phenoxy) is 1. The fraction of sp³-hybridized carbons (Fsp3) is 0.150. The molecule has 6 heteroatoms. The standard InChI is InChI=1S/C20H20N4O2/c1-12-8-13(2)10-15(9-12)23-20-22-7-6-17(24-20)14-4-5-18(26-3)16(11-14)19(21)25/h4-11H,1-3H3,(H2,21,25)(H,22,23,24). The second-order valence-corrected chi connectivity index (χ2v) is 6.05. The van der Waals surface area contributed by atoms with Crippen LogP contribution < -0.4 is 15.8 Å². The SMILES string of the molecule is COc1ccc(-c2ccnc(Nc3cc(C)cc(C)c3)n2)cc1C(N)=O. The Bertz CT molecular complexity index is 950. The van der Waals surface area contributed by atoms with E-state index >= 15 is 0 Å². The van der Waals surface area contributed by atoms with Crippen molar-refractivity contribution in [3.8, 4) is 17.0 Å². The Balaban J connectivity index is 1.94. The van der Waals surface area contributed by atoms with Crippen LogP contribution in [0.2, 0.25) is 0 Å². The second kappa shape index (κ2) is 7.23. The van der Waals surface area contributed by atoms with Crippen LogP contribution in [0.3, 0.4) is 0 Å². The van der Waals surface area contributed by atoms with Crippen LogP contribution in [0.4, 0.5) is 11.6 Å². The van der Waals surface area contributed by atoms with E-state index < -0.39 is 5.91 Å². The van der Waals surface area contributed by atoms with Gasteiger partial charge in [-0.05, 0) is 61.4 Å². The van der Waals surface area contributed by atoms with Crippen LogP contribution in [-0.4, -0.2) is 23.0 Å². The molecule has 1 aromatic heterocycles. The molecule has 132 valence electrons. The molecule has 0 unspecified atom stereocenters. The Morgan fingerprint density at radius 2 is 1.81 bits per heavy atom. The summed E-state index contributed by atoms with van der Waals surface area (Å²) in [5.41, 5.74) is 10.4. The zero-order valence-electron chi connectivity index (χ0n) is 14.9. The summed E-state index contributed by atoms with van der Waals surface area (Å²) in [6.07, 6.45) is 1.67. The molecule has 0 aliphatic carbocycles. The topological polar surface area (TPSA) is 90.1 Å². The molecule has 0 saturated heterocycles. The van der Waals surface area contributed by atoms with Crippen molar-refractivity contribution >= 4 is 17.5 Å². The van der Waals surface area contributed by atoms with Gasteiger partial charge in [0.05, 0.1) is 18.4 Å². The summed E-state index contributed by atoms with van der Waals surface area (Å²) in [6.45, 7) is 4.08. The number of aromatic nitrogens is 2. The van der Waals surface area contributed by atoms with Gasteiger partial charge in [-0.2, -0.15) is 0 Å².